The van der Waals surface area contributed by atoms with E-state index in [1.54, 1.807) is 51.1 Å². The Morgan fingerprint density at radius 2 is 1.96 bits per heavy atom. The lowest BCUT2D eigenvalue weighted by Crippen LogP contribution is -2.40. The molecule has 1 aromatic carbocycles. The van der Waals surface area contributed by atoms with Crippen LogP contribution in [0.4, 0.5) is 0 Å². The normalized spacial score (nSPS) is 22.0. The van der Waals surface area contributed by atoms with Crippen molar-refractivity contribution in [3.05, 3.63) is 59.3 Å². The quantitative estimate of drug-likeness (QED) is 0.897. The Morgan fingerprint density at radius 3 is 2.58 bits per heavy atom. The smallest absolute Gasteiger partial charge is 0.249 e. The maximum atomic E-state index is 13.4. The van der Waals surface area contributed by atoms with E-state index >= 15 is 0 Å². The number of fused-ring (bicyclic) bond motifs is 1. The number of aliphatic hydroxyl groups is 1. The molecule has 4 nitrogen and oxygen atoms in total. The minimum absolute atomic E-state index is 0.285. The summed E-state index contributed by atoms with van der Waals surface area (Å²) in [5.74, 6) is 0. The third-order valence-corrected chi connectivity index (χ3v) is 7.56. The summed E-state index contributed by atoms with van der Waals surface area (Å²) in [5, 5.41) is 11.4. The fourth-order valence-electron chi connectivity index (χ4n) is 3.00. The fourth-order valence-corrected chi connectivity index (χ4v) is 5.16. The van der Waals surface area contributed by atoms with Crippen LogP contribution in [0.1, 0.15) is 32.8 Å². The number of halogens is 1. The Hall–Kier alpha value is -1.56. The third-order valence-electron chi connectivity index (χ3n) is 4.56. The molecule has 128 valence electrons. The monoisotopic (exact) mass is 365 g/mol. The average Bonchev–Trinajstić information content (AvgIpc) is 2.90. The van der Waals surface area contributed by atoms with Crippen molar-refractivity contribution in [2.45, 2.75) is 37.5 Å². The van der Waals surface area contributed by atoms with Gasteiger partial charge in [-0.3, -0.25) is 0 Å². The summed E-state index contributed by atoms with van der Waals surface area (Å²) in [6, 6.07) is 7.16. The molecule has 1 N–H and O–H groups in total. The molecule has 0 radical (unpaired) electrons. The molecule has 0 aliphatic heterocycles. The molecule has 1 atom stereocenters. The van der Waals surface area contributed by atoms with Gasteiger partial charge in [0, 0.05) is 22.2 Å². The number of nitrogens with zero attached hydrogens (tertiary/aromatic N) is 1. The highest BCUT2D eigenvalue weighted by Gasteiger charge is 2.44. The zero-order chi connectivity index (χ0) is 17.8. The van der Waals surface area contributed by atoms with E-state index in [1.807, 2.05) is 12.1 Å². The first-order valence-electron chi connectivity index (χ1n) is 7.70. The average molecular weight is 366 g/mol. The SMILES string of the molecule is CC(C)(O)c1cn(S(=O)(=O)C2(C)CC=CC=C2Cl)c2ccccc12. The van der Waals surface area contributed by atoms with Crippen molar-refractivity contribution >= 4 is 32.5 Å². The predicted octanol–water partition coefficient (Wildman–Crippen LogP) is 3.89. The number of rotatable bonds is 3. The largest absolute Gasteiger partial charge is 0.386 e. The van der Waals surface area contributed by atoms with Crippen molar-refractivity contribution < 1.29 is 13.5 Å². The van der Waals surface area contributed by atoms with E-state index in [9.17, 15) is 13.5 Å². The first-order valence-corrected chi connectivity index (χ1v) is 9.52. The lowest BCUT2D eigenvalue weighted by molar-refractivity contribution is 0.0801. The summed E-state index contributed by atoms with van der Waals surface area (Å²) in [5.41, 5.74) is -0.0560. The van der Waals surface area contributed by atoms with Crippen LogP contribution in [0.15, 0.2) is 53.7 Å². The molecule has 1 aliphatic carbocycles. The zero-order valence-corrected chi connectivity index (χ0v) is 15.4. The van der Waals surface area contributed by atoms with E-state index in [0.29, 0.717) is 22.9 Å². The molecule has 1 heterocycles. The van der Waals surface area contributed by atoms with Crippen LogP contribution in [0.25, 0.3) is 10.9 Å². The van der Waals surface area contributed by atoms with Crippen LogP contribution < -0.4 is 0 Å². The van der Waals surface area contributed by atoms with E-state index in [2.05, 4.69) is 0 Å². The van der Waals surface area contributed by atoms with Crippen molar-refractivity contribution in [2.75, 3.05) is 0 Å². The Morgan fingerprint density at radius 1 is 1.29 bits per heavy atom. The summed E-state index contributed by atoms with van der Waals surface area (Å²) >= 11 is 6.27. The number of hydrogen-bond acceptors (Lipinski definition) is 3. The van der Waals surface area contributed by atoms with E-state index in [-0.39, 0.29) is 5.03 Å². The molecule has 1 aliphatic rings. The summed E-state index contributed by atoms with van der Waals surface area (Å²) in [6.45, 7) is 4.91. The van der Waals surface area contributed by atoms with Crippen LogP contribution in [0.3, 0.4) is 0 Å². The Kier molecular flexibility index (Phi) is 3.94. The number of allylic oxidation sites excluding steroid dienone is 3. The summed E-state index contributed by atoms with van der Waals surface area (Å²) in [7, 11) is -3.82. The van der Waals surface area contributed by atoms with Gasteiger partial charge in [-0.1, -0.05) is 42.0 Å². The van der Waals surface area contributed by atoms with Gasteiger partial charge < -0.3 is 5.11 Å². The summed E-state index contributed by atoms with van der Waals surface area (Å²) in [4.78, 5) is 0. The molecule has 3 rings (SSSR count). The number of benzene rings is 1. The molecule has 0 spiro atoms. The molecule has 0 fully saturated rings. The predicted molar refractivity (Wildman–Crippen MR) is 97.6 cm³/mol. The minimum atomic E-state index is -3.82. The molecular formula is C18H20ClNO3S. The van der Waals surface area contributed by atoms with Gasteiger partial charge in [-0.05, 0) is 39.3 Å². The maximum Gasteiger partial charge on any atom is 0.249 e. The van der Waals surface area contributed by atoms with E-state index in [0.717, 1.165) is 0 Å². The van der Waals surface area contributed by atoms with E-state index in [1.165, 1.54) is 10.2 Å². The second-order valence-electron chi connectivity index (χ2n) is 6.80. The van der Waals surface area contributed by atoms with E-state index < -0.39 is 20.4 Å². The first-order chi connectivity index (χ1) is 11.1. The standard InChI is InChI=1S/C18H20ClNO3S/c1-17(2,21)14-12-20(15-9-5-4-8-13(14)15)24(22,23)18(3)11-7-6-10-16(18)19/h4-10,12,21H,11H2,1-3H3. The van der Waals surface area contributed by atoms with Crippen LogP contribution in [-0.2, 0) is 15.6 Å². The molecule has 0 saturated heterocycles. The molecule has 24 heavy (non-hydrogen) atoms. The fraction of sp³-hybridized carbons (Fsp3) is 0.333. The van der Waals surface area contributed by atoms with Gasteiger partial charge in [-0.2, -0.15) is 0 Å². The topological polar surface area (TPSA) is 59.3 Å². The second-order valence-corrected chi connectivity index (χ2v) is 9.45. The summed E-state index contributed by atoms with van der Waals surface area (Å²) < 4.78 is 26.8. The molecule has 0 amide bonds. The highest BCUT2D eigenvalue weighted by atomic mass is 35.5. The third kappa shape index (κ3) is 2.42. The molecule has 1 aromatic heterocycles. The van der Waals surface area contributed by atoms with Gasteiger partial charge in [0.1, 0.15) is 4.75 Å². The van der Waals surface area contributed by atoms with E-state index in [4.69, 9.17) is 11.6 Å². The Bertz CT molecular complexity index is 964. The molecule has 2 aromatic rings. The number of aromatic nitrogens is 1. The zero-order valence-electron chi connectivity index (χ0n) is 13.8. The van der Waals surface area contributed by atoms with Crippen molar-refractivity contribution in [1.29, 1.82) is 0 Å². The highest BCUT2D eigenvalue weighted by molar-refractivity contribution is 7.91. The molecule has 1 unspecified atom stereocenters. The van der Waals surface area contributed by atoms with Gasteiger partial charge in [0.2, 0.25) is 10.0 Å². The van der Waals surface area contributed by atoms with Crippen molar-refractivity contribution in [3.63, 3.8) is 0 Å². The second kappa shape index (κ2) is 5.48. The Labute approximate surface area is 147 Å². The molecule has 0 saturated carbocycles. The van der Waals surface area contributed by atoms with Gasteiger partial charge in [-0.25, -0.2) is 12.4 Å². The highest BCUT2D eigenvalue weighted by Crippen LogP contribution is 2.40. The van der Waals surface area contributed by atoms with Crippen LogP contribution in [0.2, 0.25) is 0 Å². The van der Waals surface area contributed by atoms with Gasteiger partial charge in [0.25, 0.3) is 0 Å². The number of para-hydroxylation sites is 1. The van der Waals surface area contributed by atoms with Gasteiger partial charge in [-0.15, -0.1) is 0 Å². The van der Waals surface area contributed by atoms with Gasteiger partial charge in [0.05, 0.1) is 11.1 Å². The Balaban J connectivity index is 2.31. The lowest BCUT2D eigenvalue weighted by atomic mass is 9.98. The van der Waals surface area contributed by atoms with Crippen LogP contribution in [-0.4, -0.2) is 22.2 Å². The van der Waals surface area contributed by atoms with Crippen LogP contribution in [0, 0.1) is 0 Å². The molecule has 6 heteroatoms. The first kappa shape index (κ1) is 17.3. The molecular weight excluding hydrogens is 346 g/mol. The maximum absolute atomic E-state index is 13.4. The van der Waals surface area contributed by atoms with Crippen molar-refractivity contribution in [2.24, 2.45) is 0 Å². The molecule has 0 bridgehead atoms. The number of hydrogen-bond donors (Lipinski definition) is 1. The minimum Gasteiger partial charge on any atom is -0.386 e. The van der Waals surface area contributed by atoms with Crippen molar-refractivity contribution in [3.8, 4) is 0 Å². The van der Waals surface area contributed by atoms with Gasteiger partial charge in [0.15, 0.2) is 0 Å². The lowest BCUT2D eigenvalue weighted by Gasteiger charge is -2.30. The van der Waals surface area contributed by atoms with Crippen molar-refractivity contribution in [1.82, 2.24) is 3.97 Å². The summed E-state index contributed by atoms with van der Waals surface area (Å²) in [6.07, 6.45) is 6.98. The van der Waals surface area contributed by atoms with Crippen LogP contribution in [0.5, 0.6) is 0 Å². The van der Waals surface area contributed by atoms with Gasteiger partial charge >= 0.3 is 0 Å². The van der Waals surface area contributed by atoms with Crippen LogP contribution >= 0.6 is 11.6 Å².